The normalized spacial score (nSPS) is 10.4. The molecule has 0 saturated heterocycles. The van der Waals surface area contributed by atoms with Gasteiger partial charge in [-0.15, -0.1) is 0 Å². The molecule has 1 aromatic heterocycles. The Morgan fingerprint density at radius 2 is 1.04 bits per heavy atom. The lowest BCUT2D eigenvalue weighted by Crippen LogP contribution is -2.12. The molecular formula is C22H22N2O3. The van der Waals surface area contributed by atoms with Gasteiger partial charge in [-0.2, -0.15) is 0 Å². The zero-order chi connectivity index (χ0) is 19.2. The van der Waals surface area contributed by atoms with E-state index >= 15 is 0 Å². The molecule has 0 saturated carbocycles. The Balaban J connectivity index is 1.63. The molecule has 0 bridgehead atoms. The molecule has 3 rings (SSSR count). The Hall–Kier alpha value is -3.34. The second-order valence-electron chi connectivity index (χ2n) is 6.17. The van der Waals surface area contributed by atoms with E-state index in [2.05, 4.69) is 24.5 Å². The van der Waals surface area contributed by atoms with E-state index in [1.54, 1.807) is 0 Å². The number of amides is 2. The van der Waals surface area contributed by atoms with E-state index in [1.165, 1.54) is 23.3 Å². The summed E-state index contributed by atoms with van der Waals surface area (Å²) in [5.41, 5.74) is 3.74. The molecule has 0 unspecified atom stereocenters. The number of hydrogen-bond donors (Lipinski definition) is 2. The summed E-state index contributed by atoms with van der Waals surface area (Å²) in [6.45, 7) is 4.14. The van der Waals surface area contributed by atoms with E-state index in [4.69, 9.17) is 4.42 Å². The zero-order valence-electron chi connectivity index (χ0n) is 15.4. The number of aryl methyl sites for hydroxylation is 2. The molecule has 0 aliphatic carbocycles. The fraction of sp³-hybridized carbons (Fsp3) is 0.182. The van der Waals surface area contributed by atoms with Gasteiger partial charge in [-0.1, -0.05) is 38.1 Å². The average molecular weight is 362 g/mol. The molecule has 5 nitrogen and oxygen atoms in total. The van der Waals surface area contributed by atoms with E-state index in [1.807, 2.05) is 48.5 Å². The van der Waals surface area contributed by atoms with Crippen LogP contribution in [0.3, 0.4) is 0 Å². The SMILES string of the molecule is CCc1ccc(NC(=O)c2ccc(C(=O)Nc3ccc(CC)cc3)o2)cc1. The molecule has 5 heteroatoms. The number of carbonyl (C=O) groups excluding carboxylic acids is 2. The predicted molar refractivity (Wildman–Crippen MR) is 106 cm³/mol. The number of furan rings is 1. The Kier molecular flexibility index (Phi) is 5.71. The van der Waals surface area contributed by atoms with Crippen molar-refractivity contribution in [1.82, 2.24) is 0 Å². The summed E-state index contributed by atoms with van der Waals surface area (Å²) in [5.74, 6) is -0.627. The highest BCUT2D eigenvalue weighted by Crippen LogP contribution is 2.16. The van der Waals surface area contributed by atoms with Gasteiger partial charge in [0.1, 0.15) is 0 Å². The van der Waals surface area contributed by atoms with Gasteiger partial charge in [0.15, 0.2) is 11.5 Å². The van der Waals surface area contributed by atoms with Crippen molar-refractivity contribution in [2.24, 2.45) is 0 Å². The first-order valence-corrected chi connectivity index (χ1v) is 8.99. The molecule has 3 aromatic rings. The van der Waals surface area contributed by atoms with Crippen LogP contribution in [0.15, 0.2) is 65.1 Å². The van der Waals surface area contributed by atoms with Gasteiger partial charge in [0, 0.05) is 11.4 Å². The van der Waals surface area contributed by atoms with Gasteiger partial charge in [0.25, 0.3) is 11.8 Å². The van der Waals surface area contributed by atoms with Crippen LogP contribution in [-0.4, -0.2) is 11.8 Å². The van der Waals surface area contributed by atoms with Crippen LogP contribution in [0.4, 0.5) is 11.4 Å². The van der Waals surface area contributed by atoms with Gasteiger partial charge in [0.05, 0.1) is 0 Å². The summed E-state index contributed by atoms with van der Waals surface area (Å²) >= 11 is 0. The third kappa shape index (κ3) is 4.64. The monoisotopic (exact) mass is 362 g/mol. The van der Waals surface area contributed by atoms with Gasteiger partial charge < -0.3 is 15.1 Å². The van der Waals surface area contributed by atoms with Crippen molar-refractivity contribution in [3.63, 3.8) is 0 Å². The van der Waals surface area contributed by atoms with Gasteiger partial charge in [-0.3, -0.25) is 9.59 Å². The molecule has 0 radical (unpaired) electrons. The van der Waals surface area contributed by atoms with Crippen LogP contribution in [0.25, 0.3) is 0 Å². The maximum absolute atomic E-state index is 12.3. The fourth-order valence-corrected chi connectivity index (χ4v) is 2.61. The maximum atomic E-state index is 12.3. The quantitative estimate of drug-likeness (QED) is 0.654. The van der Waals surface area contributed by atoms with Crippen LogP contribution in [0, 0.1) is 0 Å². The van der Waals surface area contributed by atoms with Gasteiger partial charge >= 0.3 is 0 Å². The third-order valence-corrected chi connectivity index (χ3v) is 4.29. The van der Waals surface area contributed by atoms with Crippen LogP contribution in [-0.2, 0) is 12.8 Å². The standard InChI is InChI=1S/C22H22N2O3/c1-3-15-5-9-17(10-6-15)23-21(25)19-13-14-20(27-19)22(26)24-18-11-7-16(4-2)8-12-18/h5-14H,3-4H2,1-2H3,(H,23,25)(H,24,26). The molecule has 2 N–H and O–H groups in total. The molecule has 0 spiro atoms. The van der Waals surface area contributed by atoms with Crippen LogP contribution in [0.2, 0.25) is 0 Å². The van der Waals surface area contributed by atoms with E-state index < -0.39 is 11.8 Å². The molecule has 0 aliphatic heterocycles. The number of hydrogen-bond acceptors (Lipinski definition) is 3. The first kappa shape index (κ1) is 18.5. The van der Waals surface area contributed by atoms with Crippen LogP contribution in [0.5, 0.6) is 0 Å². The van der Waals surface area contributed by atoms with Crippen molar-refractivity contribution in [2.75, 3.05) is 10.6 Å². The average Bonchev–Trinajstić information content (AvgIpc) is 3.20. The predicted octanol–water partition coefficient (Wildman–Crippen LogP) is 4.91. The summed E-state index contributed by atoms with van der Waals surface area (Å²) in [5, 5.41) is 5.52. The lowest BCUT2D eigenvalue weighted by atomic mass is 10.1. The number of anilines is 2. The van der Waals surface area contributed by atoms with E-state index in [9.17, 15) is 9.59 Å². The number of benzene rings is 2. The Bertz CT molecular complexity index is 849. The smallest absolute Gasteiger partial charge is 0.291 e. The number of nitrogens with one attached hydrogen (secondary N) is 2. The minimum absolute atomic E-state index is 0.0843. The van der Waals surface area contributed by atoms with Gasteiger partial charge in [-0.25, -0.2) is 0 Å². The second kappa shape index (κ2) is 8.36. The number of rotatable bonds is 6. The van der Waals surface area contributed by atoms with Crippen molar-refractivity contribution in [2.45, 2.75) is 26.7 Å². The molecule has 1 heterocycles. The first-order chi connectivity index (χ1) is 13.1. The highest BCUT2D eigenvalue weighted by molar-refractivity contribution is 6.05. The van der Waals surface area contributed by atoms with Gasteiger partial charge in [0.2, 0.25) is 0 Å². The van der Waals surface area contributed by atoms with Crippen molar-refractivity contribution >= 4 is 23.2 Å². The molecule has 2 aromatic carbocycles. The molecule has 27 heavy (non-hydrogen) atoms. The van der Waals surface area contributed by atoms with E-state index in [-0.39, 0.29) is 11.5 Å². The summed E-state index contributed by atoms with van der Waals surface area (Å²) in [7, 11) is 0. The van der Waals surface area contributed by atoms with Crippen molar-refractivity contribution in [3.05, 3.63) is 83.3 Å². The summed E-state index contributed by atoms with van der Waals surface area (Å²) in [6, 6.07) is 18.2. The topological polar surface area (TPSA) is 71.3 Å². The van der Waals surface area contributed by atoms with Crippen molar-refractivity contribution in [1.29, 1.82) is 0 Å². The minimum Gasteiger partial charge on any atom is -0.446 e. The molecule has 0 aliphatic rings. The molecule has 0 atom stereocenters. The molecule has 138 valence electrons. The Morgan fingerprint density at radius 1 is 0.667 bits per heavy atom. The highest BCUT2D eigenvalue weighted by atomic mass is 16.4. The van der Waals surface area contributed by atoms with Crippen molar-refractivity contribution < 1.29 is 14.0 Å². The third-order valence-electron chi connectivity index (χ3n) is 4.29. The second-order valence-corrected chi connectivity index (χ2v) is 6.17. The Morgan fingerprint density at radius 3 is 1.37 bits per heavy atom. The fourth-order valence-electron chi connectivity index (χ4n) is 2.61. The lowest BCUT2D eigenvalue weighted by molar-refractivity contribution is 0.0974. The summed E-state index contributed by atoms with van der Waals surface area (Å²) < 4.78 is 5.42. The zero-order valence-corrected chi connectivity index (χ0v) is 15.4. The van der Waals surface area contributed by atoms with Crippen LogP contribution < -0.4 is 10.6 Å². The molecular weight excluding hydrogens is 340 g/mol. The van der Waals surface area contributed by atoms with E-state index in [0.29, 0.717) is 11.4 Å². The minimum atomic E-state index is -0.398. The Labute approximate surface area is 158 Å². The first-order valence-electron chi connectivity index (χ1n) is 8.99. The van der Waals surface area contributed by atoms with Gasteiger partial charge in [-0.05, 0) is 60.4 Å². The number of carbonyl (C=O) groups is 2. The van der Waals surface area contributed by atoms with Crippen LogP contribution in [0.1, 0.15) is 46.1 Å². The maximum Gasteiger partial charge on any atom is 0.291 e. The largest absolute Gasteiger partial charge is 0.446 e. The highest BCUT2D eigenvalue weighted by Gasteiger charge is 2.16. The van der Waals surface area contributed by atoms with Crippen molar-refractivity contribution in [3.8, 4) is 0 Å². The molecule has 2 amide bonds. The molecule has 0 fully saturated rings. The summed E-state index contributed by atoms with van der Waals surface area (Å²) in [6.07, 6.45) is 1.87. The van der Waals surface area contributed by atoms with E-state index in [0.717, 1.165) is 12.8 Å². The summed E-state index contributed by atoms with van der Waals surface area (Å²) in [4.78, 5) is 24.6. The van der Waals surface area contributed by atoms with Crippen LogP contribution >= 0.6 is 0 Å². The lowest BCUT2D eigenvalue weighted by Gasteiger charge is -2.05.